The number of hydrogen-bond acceptors (Lipinski definition) is 3. The number of carbonyl (C=O) groups is 1. The number of aryl methyl sites for hydroxylation is 1. The highest BCUT2D eigenvalue weighted by Crippen LogP contribution is 2.62. The Hall–Kier alpha value is -1.59. The van der Waals surface area contributed by atoms with E-state index >= 15 is 0 Å². The molecule has 0 radical (unpaired) electrons. The average molecular weight is 527 g/mol. The van der Waals surface area contributed by atoms with Crippen molar-refractivity contribution in [2.45, 2.75) is 47.8 Å². The van der Waals surface area contributed by atoms with Crippen LogP contribution in [0.5, 0.6) is 0 Å². The maximum absolute atomic E-state index is 13.6. The van der Waals surface area contributed by atoms with Crippen LogP contribution < -0.4 is 5.32 Å². The Kier molecular flexibility index (Phi) is 6.62. The van der Waals surface area contributed by atoms with Crippen LogP contribution in [0.25, 0.3) is 0 Å². The smallest absolute Gasteiger partial charge is 0.296 e. The second-order valence-corrected chi connectivity index (χ2v) is 7.03. The van der Waals surface area contributed by atoms with Crippen molar-refractivity contribution in [1.29, 1.82) is 0 Å². The van der Waals surface area contributed by atoms with E-state index in [0.29, 0.717) is 0 Å². The first-order valence-corrected chi connectivity index (χ1v) is 8.22. The van der Waals surface area contributed by atoms with Gasteiger partial charge >= 0.3 is 46.8 Å². The zero-order chi connectivity index (χ0) is 25.1. The number of nitrogens with zero attached hydrogens (tertiary/aromatic N) is 1. The third-order valence-corrected chi connectivity index (χ3v) is 4.57. The number of rotatable bonds is 8. The van der Waals surface area contributed by atoms with Crippen LogP contribution in [0, 0.1) is 6.92 Å². The van der Waals surface area contributed by atoms with Gasteiger partial charge in [-0.05, 0) is 18.5 Å². The fraction of sp³-hybridized carbons (Fsp3) is 0.667. The predicted molar refractivity (Wildman–Crippen MR) is 76.0 cm³/mol. The standard InChI is InChI=1S/C12H5ClF14N2OS/c1-3-2-31-5(28-3)29-4(30)6(14,15)7(16,17)8(18,19)9(20,21)10(22,23)11(24,25)12(13,26)27/h2H,1H3,(H,28,29,30). The van der Waals surface area contributed by atoms with Gasteiger partial charge in [-0.1, -0.05) is 0 Å². The number of anilines is 1. The molecule has 0 aliphatic carbocycles. The van der Waals surface area contributed by atoms with Crippen molar-refractivity contribution in [3.05, 3.63) is 11.1 Å². The first-order chi connectivity index (χ1) is 13.4. The summed E-state index contributed by atoms with van der Waals surface area (Å²) in [5, 5.41) is -5.85. The summed E-state index contributed by atoms with van der Waals surface area (Å²) in [5.74, 6) is -50.5. The fourth-order valence-corrected chi connectivity index (χ4v) is 2.50. The zero-order valence-electron chi connectivity index (χ0n) is 14.0. The minimum atomic E-state index is -8.28. The first kappa shape index (κ1) is 27.4. The van der Waals surface area contributed by atoms with Gasteiger partial charge in [-0.25, -0.2) is 4.98 Å². The quantitative estimate of drug-likeness (QED) is 0.332. The molecule has 1 aromatic heterocycles. The van der Waals surface area contributed by atoms with E-state index in [4.69, 9.17) is 0 Å². The van der Waals surface area contributed by atoms with Crippen LogP contribution in [-0.2, 0) is 4.79 Å². The highest BCUT2D eigenvalue weighted by atomic mass is 35.5. The molecule has 1 heterocycles. The van der Waals surface area contributed by atoms with E-state index in [0.717, 1.165) is 10.7 Å². The van der Waals surface area contributed by atoms with Crippen LogP contribution in [0.4, 0.5) is 66.6 Å². The normalized spacial score (nSPS) is 15.2. The van der Waals surface area contributed by atoms with E-state index in [1.54, 1.807) is 0 Å². The molecule has 1 aromatic rings. The minimum Gasteiger partial charge on any atom is -0.296 e. The lowest BCUT2D eigenvalue weighted by molar-refractivity contribution is -0.431. The van der Waals surface area contributed by atoms with Crippen molar-refractivity contribution in [2.24, 2.45) is 0 Å². The molecule has 0 saturated carbocycles. The van der Waals surface area contributed by atoms with Gasteiger partial charge in [0.2, 0.25) is 0 Å². The maximum atomic E-state index is 13.6. The molecule has 0 bridgehead atoms. The molecule has 180 valence electrons. The van der Waals surface area contributed by atoms with Gasteiger partial charge in [0.05, 0.1) is 5.69 Å². The third-order valence-electron chi connectivity index (χ3n) is 3.45. The summed E-state index contributed by atoms with van der Waals surface area (Å²) in [7, 11) is 0. The third kappa shape index (κ3) is 3.89. The number of halogens is 15. The van der Waals surface area contributed by atoms with E-state index < -0.39 is 52.0 Å². The van der Waals surface area contributed by atoms with Crippen LogP contribution in [0.3, 0.4) is 0 Å². The predicted octanol–water partition coefficient (Wildman–Crippen LogP) is 6.03. The van der Waals surface area contributed by atoms with E-state index in [1.807, 2.05) is 0 Å². The summed E-state index contributed by atoms with van der Waals surface area (Å²) in [5.41, 5.74) is -0.0314. The molecule has 1 rings (SSSR count). The van der Waals surface area contributed by atoms with Gasteiger partial charge in [0.1, 0.15) is 0 Å². The highest BCUT2D eigenvalue weighted by Gasteiger charge is 2.93. The Balaban J connectivity index is 3.48. The second-order valence-electron chi connectivity index (χ2n) is 5.69. The lowest BCUT2D eigenvalue weighted by atomic mass is 9.91. The second kappa shape index (κ2) is 7.48. The Labute approximate surface area is 170 Å². The number of thiazole rings is 1. The molecule has 1 N–H and O–H groups in total. The molecule has 0 aromatic carbocycles. The SMILES string of the molecule is Cc1csc(NC(=O)C(F)(F)C(F)(F)C(F)(F)C(F)(F)C(F)(F)C(F)(F)C(F)(F)Cl)n1. The van der Waals surface area contributed by atoms with Gasteiger partial charge in [0, 0.05) is 5.38 Å². The molecule has 0 fully saturated rings. The molecule has 0 aliphatic rings. The average Bonchev–Trinajstić information content (AvgIpc) is 2.97. The summed E-state index contributed by atoms with van der Waals surface area (Å²) in [6.07, 6.45) is 0. The van der Waals surface area contributed by atoms with Crippen molar-refractivity contribution in [3.8, 4) is 0 Å². The summed E-state index contributed by atoms with van der Waals surface area (Å²) >= 11 is 3.72. The monoisotopic (exact) mass is 526 g/mol. The molecular weight excluding hydrogens is 522 g/mol. The van der Waals surface area contributed by atoms with Gasteiger partial charge in [0.15, 0.2) is 5.13 Å². The van der Waals surface area contributed by atoms with Crippen LogP contribution in [-0.4, -0.2) is 51.8 Å². The largest absolute Gasteiger partial charge is 0.393 e. The molecule has 31 heavy (non-hydrogen) atoms. The molecule has 0 unspecified atom stereocenters. The minimum absolute atomic E-state index is 0.0314. The van der Waals surface area contributed by atoms with Crippen molar-refractivity contribution in [1.82, 2.24) is 4.98 Å². The summed E-state index contributed by atoms with van der Waals surface area (Å²) in [6, 6.07) is 0. The highest BCUT2D eigenvalue weighted by molar-refractivity contribution is 7.13. The van der Waals surface area contributed by atoms with Crippen LogP contribution in [0.2, 0.25) is 0 Å². The van der Waals surface area contributed by atoms with Gasteiger partial charge in [-0.15, -0.1) is 11.3 Å². The Morgan fingerprint density at radius 1 is 0.806 bits per heavy atom. The molecular formula is C12H5ClF14N2OS. The molecule has 1 amide bonds. The Morgan fingerprint density at radius 2 is 1.19 bits per heavy atom. The van der Waals surface area contributed by atoms with E-state index in [9.17, 15) is 66.3 Å². The summed E-state index contributed by atoms with van der Waals surface area (Å²) in [6.45, 7) is 1.17. The van der Waals surface area contributed by atoms with Gasteiger partial charge in [0.25, 0.3) is 0 Å². The molecule has 0 aliphatic heterocycles. The van der Waals surface area contributed by atoms with E-state index in [1.165, 1.54) is 6.92 Å². The lowest BCUT2D eigenvalue weighted by Crippen LogP contribution is -2.73. The van der Waals surface area contributed by atoms with Crippen LogP contribution in [0.1, 0.15) is 5.69 Å². The van der Waals surface area contributed by atoms with E-state index in [-0.39, 0.29) is 17.0 Å². The van der Waals surface area contributed by atoms with Gasteiger partial charge < -0.3 is 0 Å². The molecule has 0 saturated heterocycles. The Morgan fingerprint density at radius 3 is 1.55 bits per heavy atom. The number of hydrogen-bond donors (Lipinski definition) is 1. The summed E-state index contributed by atoms with van der Waals surface area (Å²) < 4.78 is 185. The Bertz CT molecular complexity index is 834. The number of nitrogens with one attached hydrogen (secondary N) is 1. The zero-order valence-corrected chi connectivity index (χ0v) is 15.6. The van der Waals surface area contributed by atoms with Crippen molar-refractivity contribution < 1.29 is 66.3 Å². The number of alkyl halides is 15. The van der Waals surface area contributed by atoms with E-state index in [2.05, 4.69) is 16.6 Å². The topological polar surface area (TPSA) is 42.0 Å². The first-order valence-electron chi connectivity index (χ1n) is 6.96. The number of amides is 1. The number of aromatic nitrogens is 1. The van der Waals surface area contributed by atoms with Crippen LogP contribution >= 0.6 is 22.9 Å². The van der Waals surface area contributed by atoms with Crippen molar-refractivity contribution in [2.75, 3.05) is 5.32 Å². The lowest BCUT2D eigenvalue weighted by Gasteiger charge is -2.41. The van der Waals surface area contributed by atoms with Crippen LogP contribution in [0.15, 0.2) is 5.38 Å². The maximum Gasteiger partial charge on any atom is 0.393 e. The fourth-order valence-electron chi connectivity index (χ4n) is 1.70. The van der Waals surface area contributed by atoms with Gasteiger partial charge in [-0.2, -0.15) is 61.5 Å². The summed E-state index contributed by atoms with van der Waals surface area (Å²) in [4.78, 5) is 14.5. The van der Waals surface area contributed by atoms with Gasteiger partial charge in [-0.3, -0.25) is 10.1 Å². The van der Waals surface area contributed by atoms with Crippen molar-refractivity contribution >= 4 is 34.0 Å². The molecule has 19 heteroatoms. The molecule has 0 spiro atoms. The number of carbonyl (C=O) groups excluding carboxylic acids is 1. The molecule has 3 nitrogen and oxygen atoms in total. The van der Waals surface area contributed by atoms with Crippen molar-refractivity contribution in [3.63, 3.8) is 0 Å². The molecule has 0 atom stereocenters.